The Balaban J connectivity index is 0.000000143. The standard InChI is InChI=1S/C13H16N2S.C9H12N2/c1-10-14-12-6-5-11(9-13(12)16-10)15-7-3-2-4-8-15;1-2-6-10-9(5-1)11-7-3-4-8-11/h5-6,9H,2-4,7-8H2,1H3;1-2,5-6H,3-4,7-8H2. The molecule has 2 aromatic heterocycles. The number of hydrogen-bond donors (Lipinski definition) is 0. The second kappa shape index (κ2) is 8.70. The van der Waals surface area contributed by atoms with Gasteiger partial charge in [-0.25, -0.2) is 9.97 Å². The zero-order chi connectivity index (χ0) is 18.5. The number of nitrogens with zero attached hydrogens (tertiary/aromatic N) is 4. The number of aromatic nitrogens is 2. The molecule has 2 saturated heterocycles. The van der Waals surface area contributed by atoms with Crippen molar-refractivity contribution >= 4 is 33.1 Å². The number of anilines is 2. The fourth-order valence-corrected chi connectivity index (χ4v) is 4.72. The predicted octanol–water partition coefficient (Wildman–Crippen LogP) is 5.28. The Labute approximate surface area is 165 Å². The Morgan fingerprint density at radius 3 is 2.33 bits per heavy atom. The van der Waals surface area contributed by atoms with Crippen LogP contribution in [0.25, 0.3) is 10.2 Å². The molecule has 0 bridgehead atoms. The number of fused-ring (bicyclic) bond motifs is 1. The molecule has 5 rings (SSSR count). The molecule has 2 aliphatic heterocycles. The molecule has 0 saturated carbocycles. The quantitative estimate of drug-likeness (QED) is 0.606. The molecule has 2 fully saturated rings. The van der Waals surface area contributed by atoms with Crippen LogP contribution in [-0.4, -0.2) is 36.1 Å². The third kappa shape index (κ3) is 4.59. The normalized spacial score (nSPS) is 17.1. The van der Waals surface area contributed by atoms with Crippen LogP contribution in [0, 0.1) is 6.92 Å². The van der Waals surface area contributed by atoms with Crippen molar-refractivity contribution in [1.29, 1.82) is 0 Å². The van der Waals surface area contributed by atoms with Crippen molar-refractivity contribution in [1.82, 2.24) is 9.97 Å². The lowest BCUT2D eigenvalue weighted by atomic mass is 10.1. The van der Waals surface area contributed by atoms with Crippen LogP contribution in [0.4, 0.5) is 11.5 Å². The van der Waals surface area contributed by atoms with Crippen LogP contribution in [0.3, 0.4) is 0 Å². The maximum Gasteiger partial charge on any atom is 0.128 e. The first-order valence-corrected chi connectivity index (χ1v) is 10.9. The zero-order valence-corrected chi connectivity index (χ0v) is 16.9. The highest BCUT2D eigenvalue weighted by Crippen LogP contribution is 2.28. The van der Waals surface area contributed by atoms with E-state index in [4.69, 9.17) is 0 Å². The van der Waals surface area contributed by atoms with Crippen molar-refractivity contribution in [2.75, 3.05) is 36.0 Å². The molecule has 27 heavy (non-hydrogen) atoms. The van der Waals surface area contributed by atoms with Gasteiger partial charge in [0.05, 0.1) is 15.2 Å². The summed E-state index contributed by atoms with van der Waals surface area (Å²) in [5.74, 6) is 1.13. The van der Waals surface area contributed by atoms with E-state index in [-0.39, 0.29) is 0 Å². The first-order valence-electron chi connectivity index (χ1n) is 10.1. The van der Waals surface area contributed by atoms with Gasteiger partial charge in [0.15, 0.2) is 0 Å². The zero-order valence-electron chi connectivity index (χ0n) is 16.1. The second-order valence-corrected chi connectivity index (χ2v) is 8.55. The van der Waals surface area contributed by atoms with Gasteiger partial charge in [-0.3, -0.25) is 0 Å². The highest BCUT2D eigenvalue weighted by atomic mass is 32.1. The van der Waals surface area contributed by atoms with Gasteiger partial charge < -0.3 is 9.80 Å². The molecule has 3 aromatic rings. The van der Waals surface area contributed by atoms with Crippen LogP contribution in [-0.2, 0) is 0 Å². The lowest BCUT2D eigenvalue weighted by Crippen LogP contribution is -2.29. The van der Waals surface area contributed by atoms with E-state index in [9.17, 15) is 0 Å². The third-order valence-corrected chi connectivity index (χ3v) is 6.21. The molecule has 1 aromatic carbocycles. The van der Waals surface area contributed by atoms with Gasteiger partial charge in [-0.2, -0.15) is 0 Å². The van der Waals surface area contributed by atoms with Gasteiger partial charge in [0.25, 0.3) is 0 Å². The van der Waals surface area contributed by atoms with Crippen molar-refractivity contribution in [2.45, 2.75) is 39.0 Å². The van der Waals surface area contributed by atoms with E-state index in [1.54, 1.807) is 11.3 Å². The molecule has 0 radical (unpaired) electrons. The molecule has 5 heteroatoms. The molecular formula is C22H28N4S. The van der Waals surface area contributed by atoms with Crippen LogP contribution >= 0.6 is 11.3 Å². The maximum absolute atomic E-state index is 4.50. The average molecular weight is 381 g/mol. The summed E-state index contributed by atoms with van der Waals surface area (Å²) in [7, 11) is 0. The number of pyridine rings is 1. The molecule has 142 valence electrons. The number of benzene rings is 1. The fraction of sp³-hybridized carbons (Fsp3) is 0.455. The Bertz CT molecular complexity index is 849. The Morgan fingerprint density at radius 2 is 1.59 bits per heavy atom. The van der Waals surface area contributed by atoms with Gasteiger partial charge in [-0.1, -0.05) is 6.07 Å². The smallest absolute Gasteiger partial charge is 0.128 e. The topological polar surface area (TPSA) is 32.3 Å². The van der Waals surface area contributed by atoms with Gasteiger partial charge in [-0.05, 0) is 69.4 Å². The van der Waals surface area contributed by atoms with E-state index in [2.05, 4.69) is 51.0 Å². The summed E-state index contributed by atoms with van der Waals surface area (Å²) >= 11 is 1.79. The van der Waals surface area contributed by atoms with Crippen LogP contribution in [0.1, 0.15) is 37.1 Å². The number of piperidine rings is 1. The average Bonchev–Trinajstić information content (AvgIpc) is 3.38. The highest BCUT2D eigenvalue weighted by molar-refractivity contribution is 7.18. The summed E-state index contributed by atoms with van der Waals surface area (Å²) in [5.41, 5.74) is 2.51. The van der Waals surface area contributed by atoms with E-state index in [1.807, 2.05) is 18.3 Å². The van der Waals surface area contributed by atoms with E-state index < -0.39 is 0 Å². The number of rotatable bonds is 2. The van der Waals surface area contributed by atoms with Gasteiger partial charge in [0.1, 0.15) is 5.82 Å². The number of hydrogen-bond acceptors (Lipinski definition) is 5. The van der Waals surface area contributed by atoms with Crippen molar-refractivity contribution in [2.24, 2.45) is 0 Å². The predicted molar refractivity (Wildman–Crippen MR) is 116 cm³/mol. The van der Waals surface area contributed by atoms with Gasteiger partial charge >= 0.3 is 0 Å². The van der Waals surface area contributed by atoms with E-state index in [0.29, 0.717) is 0 Å². The molecule has 4 nitrogen and oxygen atoms in total. The van der Waals surface area contributed by atoms with Crippen molar-refractivity contribution < 1.29 is 0 Å². The third-order valence-electron chi connectivity index (χ3n) is 5.28. The van der Waals surface area contributed by atoms with Crippen molar-refractivity contribution in [3.63, 3.8) is 0 Å². The molecule has 0 unspecified atom stereocenters. The minimum Gasteiger partial charge on any atom is -0.371 e. The highest BCUT2D eigenvalue weighted by Gasteiger charge is 2.12. The fourth-order valence-electron chi connectivity index (χ4n) is 3.86. The lowest BCUT2D eigenvalue weighted by Gasteiger charge is -2.28. The SMILES string of the molecule is Cc1nc2ccc(N3CCCCC3)cc2s1.c1ccc(N2CCCC2)nc1. The second-order valence-electron chi connectivity index (χ2n) is 7.31. The van der Waals surface area contributed by atoms with Crippen LogP contribution in [0.5, 0.6) is 0 Å². The molecular weight excluding hydrogens is 352 g/mol. The summed E-state index contributed by atoms with van der Waals surface area (Å²) in [5, 5.41) is 1.16. The Hall–Kier alpha value is -2.14. The molecule has 0 spiro atoms. The largest absolute Gasteiger partial charge is 0.371 e. The summed E-state index contributed by atoms with van der Waals surface area (Å²) in [6.45, 7) is 6.85. The first kappa shape index (κ1) is 18.2. The van der Waals surface area contributed by atoms with Gasteiger partial charge in [-0.15, -0.1) is 11.3 Å². The maximum atomic E-state index is 4.50. The molecule has 0 atom stereocenters. The Kier molecular flexibility index (Phi) is 5.87. The van der Waals surface area contributed by atoms with Crippen molar-refractivity contribution in [3.8, 4) is 0 Å². The number of thiazole rings is 1. The summed E-state index contributed by atoms with van der Waals surface area (Å²) in [4.78, 5) is 13.6. The van der Waals surface area contributed by atoms with Gasteiger partial charge in [0, 0.05) is 38.1 Å². The molecule has 4 heterocycles. The van der Waals surface area contributed by atoms with Crippen LogP contribution in [0.2, 0.25) is 0 Å². The van der Waals surface area contributed by atoms with Crippen LogP contribution in [0.15, 0.2) is 42.6 Å². The lowest BCUT2D eigenvalue weighted by molar-refractivity contribution is 0.578. The minimum atomic E-state index is 1.13. The minimum absolute atomic E-state index is 1.13. The molecule has 0 aliphatic carbocycles. The summed E-state index contributed by atoms with van der Waals surface area (Å²) in [6.07, 6.45) is 8.54. The summed E-state index contributed by atoms with van der Waals surface area (Å²) in [6, 6.07) is 12.7. The first-order chi connectivity index (χ1) is 13.3. The molecule has 0 N–H and O–H groups in total. The van der Waals surface area contributed by atoms with E-state index in [0.717, 1.165) is 16.3 Å². The van der Waals surface area contributed by atoms with Crippen molar-refractivity contribution in [3.05, 3.63) is 47.6 Å². The van der Waals surface area contributed by atoms with Gasteiger partial charge in [0.2, 0.25) is 0 Å². The monoisotopic (exact) mass is 380 g/mol. The molecule has 2 aliphatic rings. The van der Waals surface area contributed by atoms with E-state index >= 15 is 0 Å². The van der Waals surface area contributed by atoms with Crippen LogP contribution < -0.4 is 9.80 Å². The summed E-state index contributed by atoms with van der Waals surface area (Å²) < 4.78 is 1.32. The Morgan fingerprint density at radius 1 is 0.852 bits per heavy atom. The number of aryl methyl sites for hydroxylation is 1. The van der Waals surface area contributed by atoms with E-state index in [1.165, 1.54) is 68.7 Å². The molecule has 0 amide bonds.